The summed E-state index contributed by atoms with van der Waals surface area (Å²) < 4.78 is 13.6. The van der Waals surface area contributed by atoms with Gasteiger partial charge in [-0.05, 0) is 0 Å². The third-order valence-electron chi connectivity index (χ3n) is 0.460. The molecule has 0 aliphatic carbocycles. The highest BCUT2D eigenvalue weighted by Crippen LogP contribution is 1.94. The zero-order valence-corrected chi connectivity index (χ0v) is 4.93. The van der Waals surface area contributed by atoms with Gasteiger partial charge in [-0.2, -0.15) is 0 Å². The lowest BCUT2D eigenvalue weighted by Gasteiger charge is -1.86. The topological polar surface area (TPSA) is 63.6 Å². The molecule has 0 aromatic rings. The molecule has 4 nitrogen and oxygen atoms in total. The third kappa shape index (κ3) is 5.53. The molecule has 0 rings (SSSR count). The Bertz CT molecular complexity index is 91.3. The van der Waals surface area contributed by atoms with E-state index in [1.807, 2.05) is 0 Å². The Morgan fingerprint density at radius 2 is 2.38 bits per heavy atom. The van der Waals surface area contributed by atoms with Crippen molar-refractivity contribution in [2.45, 2.75) is 6.42 Å². The zero-order chi connectivity index (χ0) is 6.41. The Hall–Kier alpha value is -0.470. The van der Waals surface area contributed by atoms with Gasteiger partial charge in [0, 0.05) is 0 Å². The maximum Gasteiger partial charge on any atom is 0.327 e. The molecule has 8 heavy (non-hydrogen) atoms. The zero-order valence-electron chi connectivity index (χ0n) is 4.03. The lowest BCUT2D eigenvalue weighted by Crippen LogP contribution is -1.97. The van der Waals surface area contributed by atoms with Crippen LogP contribution in [0.5, 0.6) is 0 Å². The normalized spacial score (nSPS) is 9.50. The fourth-order valence-electron chi connectivity index (χ4n) is 0.170. The monoisotopic (exact) mass is 136 g/mol. The van der Waals surface area contributed by atoms with Gasteiger partial charge in [-0.25, -0.2) is 4.57 Å². The van der Waals surface area contributed by atoms with E-state index in [1.165, 1.54) is 0 Å². The first kappa shape index (κ1) is 7.53. The second-order valence-corrected chi connectivity index (χ2v) is 1.46. The number of carbonyl (C=O) groups is 1. The number of carboxylic acid groups (broad SMARTS) is 1. The predicted octanol–water partition coefficient (Wildman–Crippen LogP) is 0.684. The van der Waals surface area contributed by atoms with Crippen molar-refractivity contribution in [3.8, 4) is 0 Å². The van der Waals surface area contributed by atoms with Gasteiger partial charge in [0.25, 0.3) is 0 Å². The predicted molar refractivity (Wildman–Crippen MR) is 25.8 cm³/mol. The van der Waals surface area contributed by atoms with Crippen molar-refractivity contribution in [2.24, 2.45) is 0 Å². The minimum absolute atomic E-state index is 0.000386. The van der Waals surface area contributed by atoms with Crippen molar-refractivity contribution in [3.63, 3.8) is 0 Å². The van der Waals surface area contributed by atoms with Gasteiger partial charge in [0.2, 0.25) is 0 Å². The lowest BCUT2D eigenvalue weighted by molar-refractivity contribution is -0.137. The molecule has 0 spiro atoms. The van der Waals surface area contributed by atoms with Crippen LogP contribution in [0.4, 0.5) is 0 Å². The Labute approximate surface area is 47.7 Å². The number of carboxylic acids is 1. The van der Waals surface area contributed by atoms with Crippen LogP contribution in [-0.4, -0.2) is 17.7 Å². The summed E-state index contributed by atoms with van der Waals surface area (Å²) in [7, 11) is -0.463. The van der Waals surface area contributed by atoms with Gasteiger partial charge in [-0.1, -0.05) is 0 Å². The lowest BCUT2D eigenvalue weighted by atomic mass is 10.5. The van der Waals surface area contributed by atoms with Crippen LogP contribution in [0.15, 0.2) is 0 Å². The van der Waals surface area contributed by atoms with Gasteiger partial charge in [0.15, 0.2) is 0 Å². The summed E-state index contributed by atoms with van der Waals surface area (Å²) in [4.78, 5) is 9.69. The van der Waals surface area contributed by atoms with Gasteiger partial charge in [-0.15, -0.1) is 0 Å². The minimum atomic E-state index is -0.950. The van der Waals surface area contributed by atoms with Gasteiger partial charge in [0.05, 0.1) is 13.0 Å². The fourth-order valence-corrected chi connectivity index (χ4v) is 0.336. The second kappa shape index (κ2) is 4.68. The molecule has 0 heterocycles. The first-order chi connectivity index (χ1) is 3.77. The number of hydrogen-bond donors (Lipinski definition) is 1. The fraction of sp³-hybridized carbons (Fsp3) is 0.667. The molecule has 0 bridgehead atoms. The van der Waals surface area contributed by atoms with Crippen LogP contribution in [0.2, 0.25) is 0 Å². The quantitative estimate of drug-likeness (QED) is 0.456. The summed E-state index contributed by atoms with van der Waals surface area (Å²) in [5.41, 5.74) is 0. The minimum Gasteiger partial charge on any atom is -0.481 e. The smallest absolute Gasteiger partial charge is 0.327 e. The molecule has 0 unspecified atom stereocenters. The Morgan fingerprint density at radius 3 is 2.75 bits per heavy atom. The van der Waals surface area contributed by atoms with Gasteiger partial charge in [-0.3, -0.25) is 9.32 Å². The highest BCUT2D eigenvalue weighted by Gasteiger charge is 1.93. The number of rotatable bonds is 4. The molecular formula is C3H5O4P. The summed E-state index contributed by atoms with van der Waals surface area (Å²) in [5.74, 6) is -0.950. The third-order valence-corrected chi connectivity index (χ3v) is 0.748. The van der Waals surface area contributed by atoms with E-state index in [2.05, 4.69) is 4.52 Å². The summed E-state index contributed by atoms with van der Waals surface area (Å²) in [6.07, 6.45) is -0.102. The molecule has 0 aliphatic heterocycles. The molecule has 0 fully saturated rings. The Kier molecular flexibility index (Phi) is 4.41. The molecule has 0 radical (unpaired) electrons. The van der Waals surface area contributed by atoms with E-state index in [0.717, 1.165) is 0 Å². The molecule has 0 saturated heterocycles. The average Bonchev–Trinajstić information content (AvgIpc) is 1.66. The molecule has 0 aromatic heterocycles. The maximum atomic E-state index is 9.69. The van der Waals surface area contributed by atoms with Crippen LogP contribution in [0, 0.1) is 0 Å². The van der Waals surface area contributed by atoms with Crippen molar-refractivity contribution < 1.29 is 19.0 Å². The number of aliphatic carboxylic acids is 1. The first-order valence-corrected chi connectivity index (χ1v) is 2.67. The van der Waals surface area contributed by atoms with E-state index in [9.17, 15) is 9.36 Å². The van der Waals surface area contributed by atoms with Crippen LogP contribution in [0.25, 0.3) is 0 Å². The molecule has 0 atom stereocenters. The molecule has 0 saturated carbocycles. The van der Waals surface area contributed by atoms with Crippen LogP contribution in [-0.2, 0) is 13.9 Å². The second-order valence-electron chi connectivity index (χ2n) is 1.05. The van der Waals surface area contributed by atoms with Gasteiger partial charge < -0.3 is 5.11 Å². The molecule has 1 N–H and O–H groups in total. The summed E-state index contributed by atoms with van der Waals surface area (Å²) >= 11 is 0. The van der Waals surface area contributed by atoms with E-state index >= 15 is 0 Å². The van der Waals surface area contributed by atoms with Gasteiger partial charge in [0.1, 0.15) is 0 Å². The molecule has 0 aliphatic rings. The summed E-state index contributed by atoms with van der Waals surface area (Å²) in [6.45, 7) is 0.000386. The van der Waals surface area contributed by atoms with Crippen LogP contribution < -0.4 is 0 Å². The summed E-state index contributed by atoms with van der Waals surface area (Å²) in [5, 5.41) is 7.95. The molecule has 0 aromatic carbocycles. The van der Waals surface area contributed by atoms with E-state index in [-0.39, 0.29) is 13.0 Å². The number of hydrogen-bond acceptors (Lipinski definition) is 3. The van der Waals surface area contributed by atoms with Gasteiger partial charge >= 0.3 is 14.7 Å². The highest BCUT2D eigenvalue weighted by molar-refractivity contribution is 7.17. The molecule has 5 heteroatoms. The molecule has 0 amide bonds. The maximum absolute atomic E-state index is 9.69. The van der Waals surface area contributed by atoms with Crippen molar-refractivity contribution in [3.05, 3.63) is 0 Å². The van der Waals surface area contributed by atoms with Crippen molar-refractivity contribution in [1.82, 2.24) is 0 Å². The standard InChI is InChI=1S/C3H5O4P/c4-3(5)1-2-7-8-6/h1-2H2,(H,4,5). The summed E-state index contributed by atoms with van der Waals surface area (Å²) in [6, 6.07) is 0. The van der Waals surface area contributed by atoms with Crippen LogP contribution in [0.1, 0.15) is 6.42 Å². The largest absolute Gasteiger partial charge is 0.481 e. The van der Waals surface area contributed by atoms with E-state index in [0.29, 0.717) is 0 Å². The molecule has 46 valence electrons. The SMILES string of the molecule is O=POCCC(=O)O. The Balaban J connectivity index is 2.93. The Morgan fingerprint density at radius 1 is 1.75 bits per heavy atom. The molecular weight excluding hydrogens is 131 g/mol. The van der Waals surface area contributed by atoms with Crippen molar-refractivity contribution in [2.75, 3.05) is 6.61 Å². The van der Waals surface area contributed by atoms with Crippen LogP contribution in [0.3, 0.4) is 0 Å². The van der Waals surface area contributed by atoms with Crippen LogP contribution >= 0.6 is 8.69 Å². The average molecular weight is 136 g/mol. The van der Waals surface area contributed by atoms with Crippen molar-refractivity contribution >= 4 is 14.7 Å². The van der Waals surface area contributed by atoms with E-state index in [1.54, 1.807) is 0 Å². The van der Waals surface area contributed by atoms with E-state index in [4.69, 9.17) is 5.11 Å². The first-order valence-electron chi connectivity index (χ1n) is 1.94. The van der Waals surface area contributed by atoms with E-state index < -0.39 is 14.7 Å². The highest BCUT2D eigenvalue weighted by atomic mass is 31.1. The van der Waals surface area contributed by atoms with Crippen molar-refractivity contribution in [1.29, 1.82) is 0 Å².